The summed E-state index contributed by atoms with van der Waals surface area (Å²) in [6.07, 6.45) is 8.68. The van der Waals surface area contributed by atoms with E-state index < -0.39 is 0 Å². The van der Waals surface area contributed by atoms with Crippen LogP contribution in [0, 0.1) is 0 Å². The van der Waals surface area contributed by atoms with E-state index in [1.807, 2.05) is 53.3 Å². The number of aromatic nitrogens is 3. The minimum absolute atomic E-state index is 0.0877. The van der Waals surface area contributed by atoms with Gasteiger partial charge >= 0.3 is 0 Å². The number of nitrogens with zero attached hydrogens (tertiary/aromatic N) is 4. The number of allylic oxidation sites excluding steroid dienone is 1. The lowest BCUT2D eigenvalue weighted by molar-refractivity contribution is -0.130. The van der Waals surface area contributed by atoms with Crippen molar-refractivity contribution in [2.24, 2.45) is 0 Å². The lowest BCUT2D eigenvalue weighted by Gasteiger charge is -2.11. The van der Waals surface area contributed by atoms with Crippen molar-refractivity contribution >= 4 is 17.8 Å². The Bertz CT molecular complexity index is 1330. The second-order valence-corrected chi connectivity index (χ2v) is 8.16. The van der Waals surface area contributed by atoms with Crippen LogP contribution in [0.15, 0.2) is 91.4 Å². The molecule has 0 aliphatic carbocycles. The van der Waals surface area contributed by atoms with Gasteiger partial charge < -0.3 is 9.64 Å². The largest absolute Gasteiger partial charge is 0.484 e. The highest BCUT2D eigenvalue weighted by Gasteiger charge is 2.12. The average Bonchev–Trinajstić information content (AvgIpc) is 3.29. The standard InChI is InChI=1S/C28H26N4O3/c1-31(2)27(34)20-35-25-12-6-10-22(16-25)26(33)14-13-24-19-32(18-21-8-4-3-5-9-21)30-28(24)23-11-7-15-29-17-23/h3-17,19H,18,20H2,1-2H3/b14-13+. The molecule has 0 saturated carbocycles. The Morgan fingerprint density at radius 1 is 1.03 bits per heavy atom. The fourth-order valence-electron chi connectivity index (χ4n) is 3.41. The molecular formula is C28H26N4O3. The molecule has 176 valence electrons. The topological polar surface area (TPSA) is 77.3 Å². The molecular weight excluding hydrogens is 440 g/mol. The van der Waals surface area contributed by atoms with Crippen LogP contribution in [0.1, 0.15) is 21.5 Å². The van der Waals surface area contributed by atoms with Gasteiger partial charge in [-0.2, -0.15) is 5.10 Å². The van der Waals surface area contributed by atoms with Crippen molar-refractivity contribution in [1.29, 1.82) is 0 Å². The number of carbonyl (C=O) groups is 2. The number of ether oxygens (including phenoxy) is 1. The predicted molar refractivity (Wildman–Crippen MR) is 135 cm³/mol. The smallest absolute Gasteiger partial charge is 0.259 e. The fourth-order valence-corrected chi connectivity index (χ4v) is 3.41. The van der Waals surface area contributed by atoms with Crippen LogP contribution >= 0.6 is 0 Å². The summed E-state index contributed by atoms with van der Waals surface area (Å²) in [7, 11) is 3.33. The summed E-state index contributed by atoms with van der Waals surface area (Å²) < 4.78 is 7.39. The molecule has 4 aromatic rings. The fraction of sp³-hybridized carbons (Fsp3) is 0.143. The average molecular weight is 467 g/mol. The Kier molecular flexibility index (Phi) is 7.47. The third-order valence-corrected chi connectivity index (χ3v) is 5.31. The van der Waals surface area contributed by atoms with Crippen molar-refractivity contribution in [2.45, 2.75) is 6.54 Å². The van der Waals surface area contributed by atoms with Crippen molar-refractivity contribution in [3.63, 3.8) is 0 Å². The number of hydrogen-bond acceptors (Lipinski definition) is 5. The molecule has 0 saturated heterocycles. The molecule has 0 radical (unpaired) electrons. The van der Waals surface area contributed by atoms with Crippen LogP contribution in [0.25, 0.3) is 17.3 Å². The number of likely N-dealkylation sites (N-methyl/N-ethyl adjacent to an activating group) is 1. The van der Waals surface area contributed by atoms with Gasteiger partial charge in [0.15, 0.2) is 12.4 Å². The van der Waals surface area contributed by atoms with E-state index in [1.54, 1.807) is 56.8 Å². The van der Waals surface area contributed by atoms with Gasteiger partial charge in [0.1, 0.15) is 11.4 Å². The molecule has 0 aliphatic rings. The first-order chi connectivity index (χ1) is 17.0. The minimum atomic E-state index is -0.178. The Morgan fingerprint density at radius 3 is 2.60 bits per heavy atom. The highest BCUT2D eigenvalue weighted by Crippen LogP contribution is 2.23. The molecule has 7 nitrogen and oxygen atoms in total. The lowest BCUT2D eigenvalue weighted by Crippen LogP contribution is -2.27. The summed E-state index contributed by atoms with van der Waals surface area (Å²) >= 11 is 0. The summed E-state index contributed by atoms with van der Waals surface area (Å²) in [6, 6.07) is 20.7. The monoisotopic (exact) mass is 466 g/mol. The second-order valence-electron chi connectivity index (χ2n) is 8.16. The highest BCUT2D eigenvalue weighted by atomic mass is 16.5. The molecule has 4 rings (SSSR count). The number of carbonyl (C=O) groups excluding carboxylic acids is 2. The van der Waals surface area contributed by atoms with Gasteiger partial charge in [-0.1, -0.05) is 42.5 Å². The van der Waals surface area contributed by atoms with Gasteiger partial charge in [-0.3, -0.25) is 19.3 Å². The number of benzene rings is 2. The van der Waals surface area contributed by atoms with Crippen molar-refractivity contribution in [3.8, 4) is 17.0 Å². The summed E-state index contributed by atoms with van der Waals surface area (Å²) in [6.45, 7) is 0.524. The van der Waals surface area contributed by atoms with E-state index in [2.05, 4.69) is 4.98 Å². The Hall–Kier alpha value is -4.52. The summed E-state index contributed by atoms with van der Waals surface area (Å²) in [5.74, 6) is 0.130. The van der Waals surface area contributed by atoms with Crippen LogP contribution in [-0.2, 0) is 11.3 Å². The van der Waals surface area contributed by atoms with Gasteiger partial charge in [0.05, 0.1) is 6.54 Å². The van der Waals surface area contributed by atoms with Crippen LogP contribution < -0.4 is 4.74 Å². The normalized spacial score (nSPS) is 10.9. The molecule has 1 amide bonds. The third kappa shape index (κ3) is 6.29. The molecule has 0 spiro atoms. The maximum absolute atomic E-state index is 12.9. The maximum atomic E-state index is 12.9. The predicted octanol–water partition coefficient (Wildman–Crippen LogP) is 4.36. The number of hydrogen-bond donors (Lipinski definition) is 0. The van der Waals surface area contributed by atoms with E-state index in [4.69, 9.17) is 9.84 Å². The van der Waals surface area contributed by atoms with Crippen LogP contribution in [0.2, 0.25) is 0 Å². The van der Waals surface area contributed by atoms with Crippen molar-refractivity contribution in [2.75, 3.05) is 20.7 Å². The molecule has 0 atom stereocenters. The molecule has 0 aliphatic heterocycles. The lowest BCUT2D eigenvalue weighted by atomic mass is 10.1. The van der Waals surface area contributed by atoms with E-state index in [-0.39, 0.29) is 18.3 Å². The van der Waals surface area contributed by atoms with E-state index in [0.29, 0.717) is 17.9 Å². The molecule has 7 heteroatoms. The molecule has 0 fully saturated rings. The molecule has 2 heterocycles. The zero-order valence-electron chi connectivity index (χ0n) is 19.7. The van der Waals surface area contributed by atoms with Crippen LogP contribution in [-0.4, -0.2) is 52.1 Å². The van der Waals surface area contributed by atoms with E-state index in [9.17, 15) is 9.59 Å². The zero-order chi connectivity index (χ0) is 24.6. The molecule has 35 heavy (non-hydrogen) atoms. The first kappa shape index (κ1) is 23.6. The van der Waals surface area contributed by atoms with Crippen molar-refractivity contribution < 1.29 is 14.3 Å². The van der Waals surface area contributed by atoms with Gasteiger partial charge in [-0.25, -0.2) is 0 Å². The summed E-state index contributed by atoms with van der Waals surface area (Å²) in [4.78, 5) is 30.3. The first-order valence-electron chi connectivity index (χ1n) is 11.2. The van der Waals surface area contributed by atoms with E-state index in [1.165, 1.54) is 11.0 Å². The first-order valence-corrected chi connectivity index (χ1v) is 11.2. The summed E-state index contributed by atoms with van der Waals surface area (Å²) in [5.41, 5.74) is 4.02. The van der Waals surface area contributed by atoms with Gasteiger partial charge in [-0.05, 0) is 42.0 Å². The third-order valence-electron chi connectivity index (χ3n) is 5.31. The number of ketones is 1. The summed E-state index contributed by atoms with van der Waals surface area (Å²) in [5, 5.41) is 4.75. The van der Waals surface area contributed by atoms with Gasteiger partial charge in [0.25, 0.3) is 5.91 Å². The van der Waals surface area contributed by atoms with Crippen molar-refractivity contribution in [1.82, 2.24) is 19.7 Å². The number of amides is 1. The minimum Gasteiger partial charge on any atom is -0.484 e. The SMILES string of the molecule is CN(C)C(=O)COc1cccc(C(=O)/C=C/c2cn(Cc3ccccc3)nc2-c2cccnc2)c1. The van der Waals surface area contributed by atoms with Crippen LogP contribution in [0.3, 0.4) is 0 Å². The van der Waals surface area contributed by atoms with Gasteiger partial charge in [0.2, 0.25) is 0 Å². The van der Waals surface area contributed by atoms with Crippen LogP contribution in [0.5, 0.6) is 5.75 Å². The van der Waals surface area contributed by atoms with Crippen molar-refractivity contribution in [3.05, 3.63) is 108 Å². The molecule has 0 bridgehead atoms. The number of pyridine rings is 1. The van der Waals surface area contributed by atoms with Gasteiger partial charge in [0, 0.05) is 49.4 Å². The Morgan fingerprint density at radius 2 is 1.86 bits per heavy atom. The van der Waals surface area contributed by atoms with Crippen LogP contribution in [0.4, 0.5) is 0 Å². The Labute approximate surface area is 204 Å². The Balaban J connectivity index is 1.55. The molecule has 2 aromatic carbocycles. The maximum Gasteiger partial charge on any atom is 0.259 e. The molecule has 0 unspecified atom stereocenters. The van der Waals surface area contributed by atoms with E-state index in [0.717, 1.165) is 22.4 Å². The zero-order valence-corrected chi connectivity index (χ0v) is 19.7. The second kappa shape index (κ2) is 11.1. The quantitative estimate of drug-likeness (QED) is 0.271. The highest BCUT2D eigenvalue weighted by molar-refractivity contribution is 6.07. The molecule has 2 aromatic heterocycles. The molecule has 0 N–H and O–H groups in total. The van der Waals surface area contributed by atoms with E-state index >= 15 is 0 Å². The van der Waals surface area contributed by atoms with Gasteiger partial charge in [-0.15, -0.1) is 0 Å². The number of rotatable bonds is 9.